The topological polar surface area (TPSA) is 0 Å². The summed E-state index contributed by atoms with van der Waals surface area (Å²) in [5, 5.41) is 0.476. The van der Waals surface area contributed by atoms with Gasteiger partial charge in [-0.25, -0.2) is 0 Å². The lowest BCUT2D eigenvalue weighted by molar-refractivity contribution is 0.465. The molecule has 13 heavy (non-hydrogen) atoms. The van der Waals surface area contributed by atoms with Gasteiger partial charge in [-0.15, -0.1) is 22.4 Å². The summed E-state index contributed by atoms with van der Waals surface area (Å²) in [5.74, 6) is 1.65. The first-order valence-electron chi connectivity index (χ1n) is 5.46. The molecular formula is C11H24BI. The molecule has 0 aromatic carbocycles. The second kappa shape index (κ2) is 5.62. The summed E-state index contributed by atoms with van der Waals surface area (Å²) >= 11 is 2.64. The van der Waals surface area contributed by atoms with E-state index in [0.717, 1.165) is 16.4 Å². The molecule has 1 atom stereocenters. The number of rotatable bonds is 5. The lowest BCUT2D eigenvalue weighted by Crippen LogP contribution is -2.28. The van der Waals surface area contributed by atoms with Crippen LogP contribution in [0.2, 0.25) is 11.6 Å². The molecule has 0 bridgehead atoms. The molecule has 0 saturated heterocycles. The van der Waals surface area contributed by atoms with Crippen LogP contribution in [0.3, 0.4) is 0 Å². The number of halogens is 1. The van der Waals surface area contributed by atoms with Crippen molar-refractivity contribution < 1.29 is 0 Å². The second-order valence-corrected chi connectivity index (χ2v) is 6.70. The van der Waals surface area contributed by atoms with Crippen LogP contribution in [0.4, 0.5) is 0 Å². The van der Waals surface area contributed by atoms with Gasteiger partial charge in [-0.1, -0.05) is 60.2 Å². The Morgan fingerprint density at radius 1 is 1.23 bits per heavy atom. The van der Waals surface area contributed by atoms with Crippen LogP contribution < -0.4 is 0 Å². The van der Waals surface area contributed by atoms with Crippen molar-refractivity contribution in [3.05, 3.63) is 0 Å². The summed E-state index contributed by atoms with van der Waals surface area (Å²) < 4.78 is 0.806. The quantitative estimate of drug-likeness (QED) is 0.500. The van der Waals surface area contributed by atoms with Crippen LogP contribution in [-0.2, 0) is 0 Å². The SMILES string of the molecule is CCC(C)CB(I)C(C)(C)C(C)C. The van der Waals surface area contributed by atoms with Crippen LogP contribution in [0, 0.1) is 11.8 Å². The van der Waals surface area contributed by atoms with E-state index in [2.05, 4.69) is 63.9 Å². The minimum absolute atomic E-state index is 0.476. The van der Waals surface area contributed by atoms with Gasteiger partial charge >= 0.3 is 0 Å². The van der Waals surface area contributed by atoms with Crippen LogP contribution in [0.25, 0.3) is 0 Å². The lowest BCUT2D eigenvalue weighted by atomic mass is 9.46. The Kier molecular flexibility index (Phi) is 5.97. The first kappa shape index (κ1) is 13.8. The van der Waals surface area contributed by atoms with Crippen molar-refractivity contribution in [1.82, 2.24) is 0 Å². The third-order valence-corrected chi connectivity index (χ3v) is 5.72. The zero-order chi connectivity index (χ0) is 10.6. The van der Waals surface area contributed by atoms with Gasteiger partial charge in [-0.3, -0.25) is 0 Å². The Balaban J connectivity index is 4.16. The van der Waals surface area contributed by atoms with Crippen molar-refractivity contribution in [3.63, 3.8) is 0 Å². The van der Waals surface area contributed by atoms with Crippen molar-refractivity contribution >= 4 is 26.9 Å². The Labute approximate surface area is 98.2 Å². The molecule has 0 fully saturated rings. The third-order valence-electron chi connectivity index (χ3n) is 3.60. The van der Waals surface area contributed by atoms with E-state index in [9.17, 15) is 0 Å². The van der Waals surface area contributed by atoms with Gasteiger partial charge in [0.05, 0.1) is 0 Å². The Bertz CT molecular complexity index is 143. The maximum atomic E-state index is 2.64. The van der Waals surface area contributed by atoms with E-state index >= 15 is 0 Å². The molecule has 78 valence electrons. The zero-order valence-corrected chi connectivity index (χ0v) is 12.2. The van der Waals surface area contributed by atoms with Crippen molar-refractivity contribution in [2.45, 2.75) is 59.6 Å². The molecule has 0 aromatic rings. The fourth-order valence-corrected chi connectivity index (χ4v) is 2.77. The molecule has 0 heterocycles. The van der Waals surface area contributed by atoms with Gasteiger partial charge < -0.3 is 0 Å². The highest BCUT2D eigenvalue weighted by molar-refractivity contribution is 14.1. The molecule has 0 amide bonds. The number of hydrogen-bond acceptors (Lipinski definition) is 0. The van der Waals surface area contributed by atoms with Crippen LogP contribution in [0.1, 0.15) is 48.0 Å². The highest BCUT2D eigenvalue weighted by Gasteiger charge is 2.34. The van der Waals surface area contributed by atoms with Gasteiger partial charge in [-0.05, 0) is 11.2 Å². The molecule has 0 radical (unpaired) electrons. The van der Waals surface area contributed by atoms with Crippen LogP contribution in [0.15, 0.2) is 0 Å². The van der Waals surface area contributed by atoms with E-state index in [-0.39, 0.29) is 0 Å². The summed E-state index contributed by atoms with van der Waals surface area (Å²) in [6.07, 6.45) is 2.68. The molecule has 2 heteroatoms. The Hall–Kier alpha value is 0.795. The maximum absolute atomic E-state index is 2.64. The summed E-state index contributed by atoms with van der Waals surface area (Å²) in [6, 6.07) is 0. The lowest BCUT2D eigenvalue weighted by Gasteiger charge is -2.33. The minimum Gasteiger partial charge on any atom is -0.149 e. The third kappa shape index (κ3) is 4.22. The van der Waals surface area contributed by atoms with E-state index in [4.69, 9.17) is 0 Å². The molecule has 0 spiro atoms. The van der Waals surface area contributed by atoms with E-state index in [1.807, 2.05) is 0 Å². The van der Waals surface area contributed by atoms with Crippen molar-refractivity contribution in [3.8, 4) is 0 Å². The van der Waals surface area contributed by atoms with E-state index in [1.165, 1.54) is 12.7 Å². The van der Waals surface area contributed by atoms with Gasteiger partial charge in [0.2, 0.25) is 4.57 Å². The van der Waals surface area contributed by atoms with Crippen LogP contribution >= 0.6 is 22.4 Å². The summed E-state index contributed by atoms with van der Waals surface area (Å²) in [7, 11) is 0. The summed E-state index contributed by atoms with van der Waals surface area (Å²) in [6.45, 7) is 14.1. The smallest absolute Gasteiger partial charge is 0.149 e. The van der Waals surface area contributed by atoms with Crippen LogP contribution in [-0.4, -0.2) is 4.57 Å². The van der Waals surface area contributed by atoms with Crippen LogP contribution in [0.5, 0.6) is 0 Å². The van der Waals surface area contributed by atoms with E-state index < -0.39 is 0 Å². The molecule has 0 saturated carbocycles. The monoisotopic (exact) mass is 294 g/mol. The molecule has 0 rings (SSSR count). The molecule has 1 unspecified atom stereocenters. The minimum atomic E-state index is 0.476. The molecule has 0 N–H and O–H groups in total. The Morgan fingerprint density at radius 3 is 2.00 bits per heavy atom. The zero-order valence-electron chi connectivity index (χ0n) is 10.0. The van der Waals surface area contributed by atoms with E-state index in [0.29, 0.717) is 5.31 Å². The molecule has 0 aliphatic heterocycles. The summed E-state index contributed by atoms with van der Waals surface area (Å²) in [4.78, 5) is 0. The highest BCUT2D eigenvalue weighted by atomic mass is 127. The normalized spacial score (nSPS) is 14.8. The Morgan fingerprint density at radius 2 is 1.69 bits per heavy atom. The molecule has 0 aliphatic carbocycles. The largest absolute Gasteiger partial charge is 0.224 e. The molecule has 0 aliphatic rings. The van der Waals surface area contributed by atoms with Gasteiger partial charge in [0, 0.05) is 0 Å². The van der Waals surface area contributed by atoms with Gasteiger partial charge in [-0.2, -0.15) is 0 Å². The average Bonchev–Trinajstić information content (AvgIpc) is 2.03. The van der Waals surface area contributed by atoms with Crippen molar-refractivity contribution in [2.75, 3.05) is 0 Å². The van der Waals surface area contributed by atoms with E-state index in [1.54, 1.807) is 0 Å². The van der Waals surface area contributed by atoms with Crippen molar-refractivity contribution in [1.29, 1.82) is 0 Å². The fraction of sp³-hybridized carbons (Fsp3) is 1.00. The molecule has 0 nitrogen and oxygen atoms in total. The molecular weight excluding hydrogens is 270 g/mol. The molecule has 0 aromatic heterocycles. The second-order valence-electron chi connectivity index (χ2n) is 5.19. The predicted octanol–water partition coefficient (Wildman–Crippen LogP) is 4.90. The maximum Gasteiger partial charge on any atom is 0.224 e. The fourth-order valence-electron chi connectivity index (χ4n) is 1.19. The average molecular weight is 294 g/mol. The standard InChI is InChI=1S/C11H24BI/c1-7-10(4)8-12(13)11(5,6)9(2)3/h9-10H,7-8H2,1-6H3. The first-order valence-corrected chi connectivity index (χ1v) is 6.71. The van der Waals surface area contributed by atoms with Gasteiger partial charge in [0.1, 0.15) is 0 Å². The van der Waals surface area contributed by atoms with Gasteiger partial charge in [0.25, 0.3) is 0 Å². The summed E-state index contributed by atoms with van der Waals surface area (Å²) in [5.41, 5.74) is 0. The predicted molar refractivity (Wildman–Crippen MR) is 72.9 cm³/mol. The first-order chi connectivity index (χ1) is 5.82. The van der Waals surface area contributed by atoms with Gasteiger partial charge in [0.15, 0.2) is 0 Å². The van der Waals surface area contributed by atoms with Crippen molar-refractivity contribution in [2.24, 2.45) is 11.8 Å². The highest BCUT2D eigenvalue weighted by Crippen LogP contribution is 2.42. The number of hydrogen-bond donors (Lipinski definition) is 0.